The Bertz CT molecular complexity index is 579. The van der Waals surface area contributed by atoms with Gasteiger partial charge in [0.15, 0.2) is 9.84 Å². The standard InChI is InChI=1S/C11H12Cl2O4S/c1-6(2)5-18(16,17)10-3-7(11(14)15)8(12)4-9(10)13/h3-4,6H,5H2,1-2H3,(H,14,15). The zero-order valence-corrected chi connectivity index (χ0v) is 12.1. The van der Waals surface area contributed by atoms with Gasteiger partial charge in [0, 0.05) is 0 Å². The van der Waals surface area contributed by atoms with Crippen LogP contribution < -0.4 is 0 Å². The molecule has 0 aliphatic carbocycles. The number of carboxylic acids is 1. The van der Waals surface area contributed by atoms with Gasteiger partial charge in [-0.05, 0) is 18.1 Å². The van der Waals surface area contributed by atoms with Gasteiger partial charge < -0.3 is 5.11 Å². The summed E-state index contributed by atoms with van der Waals surface area (Å²) < 4.78 is 24.1. The smallest absolute Gasteiger partial charge is 0.337 e. The van der Waals surface area contributed by atoms with Crippen LogP contribution in [0.5, 0.6) is 0 Å². The minimum absolute atomic E-state index is 0.0642. The maximum Gasteiger partial charge on any atom is 0.337 e. The minimum Gasteiger partial charge on any atom is -0.478 e. The summed E-state index contributed by atoms with van der Waals surface area (Å²) in [5.41, 5.74) is -0.275. The van der Waals surface area contributed by atoms with Crippen LogP contribution in [0.15, 0.2) is 17.0 Å². The number of hydrogen-bond donors (Lipinski definition) is 1. The van der Waals surface area contributed by atoms with Crippen molar-refractivity contribution in [2.24, 2.45) is 5.92 Å². The predicted molar refractivity (Wildman–Crippen MR) is 70.3 cm³/mol. The highest BCUT2D eigenvalue weighted by Gasteiger charge is 2.23. The molecule has 0 saturated carbocycles. The van der Waals surface area contributed by atoms with Crippen LogP contribution in [0.25, 0.3) is 0 Å². The molecule has 100 valence electrons. The lowest BCUT2D eigenvalue weighted by atomic mass is 10.2. The molecule has 0 aliphatic heterocycles. The largest absolute Gasteiger partial charge is 0.478 e. The average molecular weight is 311 g/mol. The van der Waals surface area contributed by atoms with Gasteiger partial charge in [0.05, 0.1) is 26.3 Å². The molecule has 0 heterocycles. The van der Waals surface area contributed by atoms with E-state index in [1.807, 2.05) is 0 Å². The molecule has 4 nitrogen and oxygen atoms in total. The van der Waals surface area contributed by atoms with Crippen LogP contribution in [0, 0.1) is 5.92 Å². The van der Waals surface area contributed by atoms with E-state index < -0.39 is 15.8 Å². The van der Waals surface area contributed by atoms with Gasteiger partial charge in [-0.15, -0.1) is 0 Å². The zero-order chi connectivity index (χ0) is 14.1. The van der Waals surface area contributed by atoms with Crippen molar-refractivity contribution in [3.63, 3.8) is 0 Å². The first-order valence-electron chi connectivity index (χ1n) is 5.10. The molecule has 0 fully saturated rings. The Morgan fingerprint density at radius 2 is 1.83 bits per heavy atom. The Kier molecular flexibility index (Phi) is 4.64. The molecule has 0 aliphatic rings. The van der Waals surface area contributed by atoms with Gasteiger partial charge in [-0.2, -0.15) is 0 Å². The maximum atomic E-state index is 12.0. The summed E-state index contributed by atoms with van der Waals surface area (Å²) >= 11 is 11.5. The maximum absolute atomic E-state index is 12.0. The molecule has 1 rings (SSSR count). The highest BCUT2D eigenvalue weighted by molar-refractivity contribution is 7.91. The first-order chi connectivity index (χ1) is 8.15. The Morgan fingerprint density at radius 3 is 2.28 bits per heavy atom. The zero-order valence-electron chi connectivity index (χ0n) is 9.78. The second kappa shape index (κ2) is 5.47. The van der Waals surface area contributed by atoms with Crippen molar-refractivity contribution in [1.29, 1.82) is 0 Å². The van der Waals surface area contributed by atoms with Crippen LogP contribution in [0.4, 0.5) is 0 Å². The lowest BCUT2D eigenvalue weighted by Crippen LogP contribution is -2.13. The topological polar surface area (TPSA) is 71.4 Å². The number of halogens is 2. The fourth-order valence-electron chi connectivity index (χ4n) is 1.46. The van der Waals surface area contributed by atoms with Gasteiger partial charge in [0.1, 0.15) is 0 Å². The van der Waals surface area contributed by atoms with E-state index in [1.54, 1.807) is 13.8 Å². The van der Waals surface area contributed by atoms with Crippen LogP contribution in [0.2, 0.25) is 10.0 Å². The third-order valence-electron chi connectivity index (χ3n) is 2.14. The molecule has 7 heteroatoms. The molecule has 0 radical (unpaired) electrons. The van der Waals surface area contributed by atoms with E-state index >= 15 is 0 Å². The van der Waals surface area contributed by atoms with E-state index in [-0.39, 0.29) is 32.2 Å². The van der Waals surface area contributed by atoms with Crippen molar-refractivity contribution in [1.82, 2.24) is 0 Å². The van der Waals surface area contributed by atoms with Crippen molar-refractivity contribution in [2.45, 2.75) is 18.7 Å². The highest BCUT2D eigenvalue weighted by atomic mass is 35.5. The number of sulfone groups is 1. The first kappa shape index (κ1) is 15.3. The molecule has 18 heavy (non-hydrogen) atoms. The van der Waals surface area contributed by atoms with E-state index in [4.69, 9.17) is 28.3 Å². The molecule has 0 atom stereocenters. The number of aromatic carboxylic acids is 1. The van der Waals surface area contributed by atoms with Crippen molar-refractivity contribution in [3.05, 3.63) is 27.7 Å². The molecule has 1 N–H and O–H groups in total. The number of rotatable bonds is 4. The third-order valence-corrected chi connectivity index (χ3v) is 4.99. The number of carbonyl (C=O) groups is 1. The lowest BCUT2D eigenvalue weighted by molar-refractivity contribution is 0.0697. The fourth-order valence-corrected chi connectivity index (χ4v) is 3.99. The van der Waals surface area contributed by atoms with E-state index in [9.17, 15) is 13.2 Å². The van der Waals surface area contributed by atoms with Crippen LogP contribution in [0.1, 0.15) is 24.2 Å². The van der Waals surface area contributed by atoms with Crippen LogP contribution in [0.3, 0.4) is 0 Å². The highest BCUT2D eigenvalue weighted by Crippen LogP contribution is 2.30. The predicted octanol–water partition coefficient (Wildman–Crippen LogP) is 3.12. The van der Waals surface area contributed by atoms with E-state index in [2.05, 4.69) is 0 Å². The molecule has 0 aromatic heterocycles. The lowest BCUT2D eigenvalue weighted by Gasteiger charge is -2.10. The molecule has 1 aromatic rings. The molecule has 0 bridgehead atoms. The molecule has 0 amide bonds. The van der Waals surface area contributed by atoms with Crippen molar-refractivity contribution in [3.8, 4) is 0 Å². The van der Waals surface area contributed by atoms with Crippen molar-refractivity contribution >= 4 is 39.0 Å². The molecular weight excluding hydrogens is 299 g/mol. The van der Waals surface area contributed by atoms with Gasteiger partial charge in [0.25, 0.3) is 0 Å². The third kappa shape index (κ3) is 3.37. The van der Waals surface area contributed by atoms with Gasteiger partial charge in [-0.25, -0.2) is 13.2 Å². The first-order valence-corrected chi connectivity index (χ1v) is 7.51. The van der Waals surface area contributed by atoms with Crippen LogP contribution >= 0.6 is 23.2 Å². The Hall–Kier alpha value is -0.780. The number of carboxylic acid groups (broad SMARTS) is 1. The quantitative estimate of drug-likeness (QED) is 0.927. The Balaban J connectivity index is 3.42. The SMILES string of the molecule is CC(C)CS(=O)(=O)c1cc(C(=O)O)c(Cl)cc1Cl. The van der Waals surface area contributed by atoms with Crippen LogP contribution in [-0.4, -0.2) is 25.2 Å². The van der Waals surface area contributed by atoms with Gasteiger partial charge in [0.2, 0.25) is 0 Å². The minimum atomic E-state index is -3.62. The normalized spacial score (nSPS) is 11.8. The monoisotopic (exact) mass is 310 g/mol. The number of benzene rings is 1. The van der Waals surface area contributed by atoms with Crippen LogP contribution in [-0.2, 0) is 9.84 Å². The van der Waals surface area contributed by atoms with E-state index in [0.717, 1.165) is 12.1 Å². The molecular formula is C11H12Cl2O4S. The van der Waals surface area contributed by atoms with Crippen molar-refractivity contribution < 1.29 is 18.3 Å². The molecule has 1 aromatic carbocycles. The van der Waals surface area contributed by atoms with E-state index in [0.29, 0.717) is 0 Å². The molecule has 0 unspecified atom stereocenters. The summed E-state index contributed by atoms with van der Waals surface area (Å²) in [7, 11) is -3.62. The van der Waals surface area contributed by atoms with Gasteiger partial charge >= 0.3 is 5.97 Å². The van der Waals surface area contributed by atoms with Crippen molar-refractivity contribution in [2.75, 3.05) is 5.75 Å². The summed E-state index contributed by atoms with van der Waals surface area (Å²) in [5, 5.41) is 8.75. The summed E-state index contributed by atoms with van der Waals surface area (Å²) in [6.45, 7) is 3.50. The summed E-state index contributed by atoms with van der Waals surface area (Å²) in [6.07, 6.45) is 0. The summed E-state index contributed by atoms with van der Waals surface area (Å²) in [6, 6.07) is 2.14. The van der Waals surface area contributed by atoms with Gasteiger partial charge in [-0.3, -0.25) is 0 Å². The van der Waals surface area contributed by atoms with Gasteiger partial charge in [-0.1, -0.05) is 37.0 Å². The molecule has 0 saturated heterocycles. The summed E-state index contributed by atoms with van der Waals surface area (Å²) in [4.78, 5) is 10.7. The fraction of sp³-hybridized carbons (Fsp3) is 0.364. The van der Waals surface area contributed by atoms with E-state index in [1.165, 1.54) is 0 Å². The number of hydrogen-bond acceptors (Lipinski definition) is 3. The second-order valence-electron chi connectivity index (χ2n) is 4.24. The average Bonchev–Trinajstić information content (AvgIpc) is 2.13. The Morgan fingerprint density at radius 1 is 1.28 bits per heavy atom. The molecule has 0 spiro atoms. The second-order valence-corrected chi connectivity index (χ2v) is 7.06. The summed E-state index contributed by atoms with van der Waals surface area (Å²) in [5.74, 6) is -1.49. The Labute approximate surface area is 115 Å².